The number of aliphatic hydroxyl groups is 1. The van der Waals surface area contributed by atoms with Crippen LogP contribution < -0.4 is 0 Å². The maximum absolute atomic E-state index is 10.6. The van der Waals surface area contributed by atoms with Crippen molar-refractivity contribution in [2.24, 2.45) is 23.7 Å². The molecule has 2 heteroatoms. The molecule has 0 bridgehead atoms. The van der Waals surface area contributed by atoms with E-state index in [0.29, 0.717) is 17.8 Å². The predicted molar refractivity (Wildman–Crippen MR) is 74.0 cm³/mol. The Bertz CT molecular complexity index is 363. The minimum Gasteiger partial charge on any atom is -0.387 e. The predicted octanol–water partition coefficient (Wildman–Crippen LogP) is 3.82. The van der Waals surface area contributed by atoms with E-state index in [4.69, 9.17) is 0 Å². The minimum absolute atomic E-state index is 0.364. The third-order valence-electron chi connectivity index (χ3n) is 4.47. The summed E-state index contributed by atoms with van der Waals surface area (Å²) in [6.07, 6.45) is 5.04. The van der Waals surface area contributed by atoms with E-state index >= 15 is 0 Å². The lowest BCUT2D eigenvalue weighted by Crippen LogP contribution is -2.32. The van der Waals surface area contributed by atoms with Crippen LogP contribution in [0.3, 0.4) is 0 Å². The van der Waals surface area contributed by atoms with E-state index in [-0.39, 0.29) is 0 Å². The van der Waals surface area contributed by atoms with Crippen LogP contribution >= 0.6 is 0 Å². The molecular weight excluding hydrogens is 222 g/mol. The van der Waals surface area contributed by atoms with E-state index in [9.17, 15) is 5.11 Å². The molecule has 1 aromatic heterocycles. The van der Waals surface area contributed by atoms with Gasteiger partial charge in [-0.3, -0.25) is 4.98 Å². The highest BCUT2D eigenvalue weighted by atomic mass is 16.3. The summed E-state index contributed by atoms with van der Waals surface area (Å²) in [5, 5.41) is 10.6. The molecule has 0 saturated heterocycles. The standard InChI is InChI=1S/C16H25NO/c1-11(2)13-8-7-12(3)10-14(13)16(18)15-6-4-5-9-17-15/h4-6,9,11-14,16,18H,7-8,10H2,1-3H3/t12-,13+,14+,16+/m1/s1. The van der Waals surface area contributed by atoms with Crippen molar-refractivity contribution in [3.63, 3.8) is 0 Å². The van der Waals surface area contributed by atoms with Gasteiger partial charge in [-0.1, -0.05) is 33.3 Å². The molecule has 0 radical (unpaired) electrons. The highest BCUT2D eigenvalue weighted by Crippen LogP contribution is 2.43. The quantitative estimate of drug-likeness (QED) is 0.880. The summed E-state index contributed by atoms with van der Waals surface area (Å²) >= 11 is 0. The second-order valence-electron chi connectivity index (χ2n) is 6.19. The Balaban J connectivity index is 2.17. The summed E-state index contributed by atoms with van der Waals surface area (Å²) in [5.74, 6) is 2.35. The van der Waals surface area contributed by atoms with Crippen molar-refractivity contribution in [1.82, 2.24) is 4.98 Å². The van der Waals surface area contributed by atoms with E-state index < -0.39 is 6.10 Å². The van der Waals surface area contributed by atoms with Gasteiger partial charge in [0.05, 0.1) is 11.8 Å². The van der Waals surface area contributed by atoms with Crippen LogP contribution in [-0.2, 0) is 0 Å². The van der Waals surface area contributed by atoms with Gasteiger partial charge in [-0.15, -0.1) is 0 Å². The second-order valence-corrected chi connectivity index (χ2v) is 6.19. The first-order chi connectivity index (χ1) is 8.59. The van der Waals surface area contributed by atoms with Crippen LogP contribution in [-0.4, -0.2) is 10.1 Å². The molecule has 0 aliphatic heterocycles. The Kier molecular flexibility index (Phi) is 4.39. The van der Waals surface area contributed by atoms with Crippen molar-refractivity contribution in [1.29, 1.82) is 0 Å². The van der Waals surface area contributed by atoms with Crippen LogP contribution in [0.15, 0.2) is 24.4 Å². The van der Waals surface area contributed by atoms with E-state index in [0.717, 1.165) is 18.0 Å². The van der Waals surface area contributed by atoms with Crippen LogP contribution in [0.1, 0.15) is 51.8 Å². The Morgan fingerprint density at radius 3 is 2.61 bits per heavy atom. The van der Waals surface area contributed by atoms with Gasteiger partial charge in [0.15, 0.2) is 0 Å². The Morgan fingerprint density at radius 2 is 2.00 bits per heavy atom. The molecule has 18 heavy (non-hydrogen) atoms. The van der Waals surface area contributed by atoms with Gasteiger partial charge in [0, 0.05) is 6.20 Å². The molecule has 1 aromatic rings. The molecule has 0 amide bonds. The van der Waals surface area contributed by atoms with E-state index in [1.54, 1.807) is 6.20 Å². The van der Waals surface area contributed by atoms with Crippen LogP contribution in [0.25, 0.3) is 0 Å². The topological polar surface area (TPSA) is 33.1 Å². The fraction of sp³-hybridized carbons (Fsp3) is 0.688. The van der Waals surface area contributed by atoms with Crippen LogP contribution in [0.2, 0.25) is 0 Å². The molecular formula is C16H25NO. The molecule has 0 aromatic carbocycles. The zero-order valence-electron chi connectivity index (χ0n) is 11.7. The number of hydrogen-bond acceptors (Lipinski definition) is 2. The van der Waals surface area contributed by atoms with E-state index in [1.165, 1.54) is 12.8 Å². The number of hydrogen-bond donors (Lipinski definition) is 1. The van der Waals surface area contributed by atoms with Crippen molar-refractivity contribution in [2.75, 3.05) is 0 Å². The summed E-state index contributed by atoms with van der Waals surface area (Å²) < 4.78 is 0. The SMILES string of the molecule is CC(C)[C@@H]1CC[C@@H](C)C[C@@H]1[C@H](O)c1ccccn1. The molecule has 100 valence electrons. The average Bonchev–Trinajstić information content (AvgIpc) is 2.38. The summed E-state index contributed by atoms with van der Waals surface area (Å²) in [6.45, 7) is 6.85. The van der Waals surface area contributed by atoms with Gasteiger partial charge in [0.2, 0.25) is 0 Å². The smallest absolute Gasteiger partial charge is 0.0990 e. The van der Waals surface area contributed by atoms with Crippen molar-refractivity contribution in [3.8, 4) is 0 Å². The van der Waals surface area contributed by atoms with Gasteiger partial charge in [-0.25, -0.2) is 0 Å². The first-order valence-electron chi connectivity index (χ1n) is 7.18. The Morgan fingerprint density at radius 1 is 1.22 bits per heavy atom. The lowest BCUT2D eigenvalue weighted by molar-refractivity contribution is 0.0121. The second kappa shape index (κ2) is 5.83. The first-order valence-corrected chi connectivity index (χ1v) is 7.18. The molecule has 1 saturated carbocycles. The molecule has 1 aliphatic carbocycles. The third kappa shape index (κ3) is 2.92. The molecule has 4 atom stereocenters. The summed E-state index contributed by atoms with van der Waals surface area (Å²) in [5.41, 5.74) is 0.835. The number of aliphatic hydroxyl groups excluding tert-OH is 1. The van der Waals surface area contributed by atoms with Crippen molar-refractivity contribution in [3.05, 3.63) is 30.1 Å². The number of pyridine rings is 1. The minimum atomic E-state index is -0.402. The van der Waals surface area contributed by atoms with Gasteiger partial charge >= 0.3 is 0 Å². The number of aromatic nitrogens is 1. The van der Waals surface area contributed by atoms with Gasteiger partial charge in [-0.2, -0.15) is 0 Å². The fourth-order valence-electron chi connectivity index (χ4n) is 3.41. The zero-order valence-corrected chi connectivity index (χ0v) is 11.7. The van der Waals surface area contributed by atoms with Crippen molar-refractivity contribution < 1.29 is 5.11 Å². The summed E-state index contributed by atoms with van der Waals surface area (Å²) in [6, 6.07) is 5.81. The zero-order chi connectivity index (χ0) is 13.1. The van der Waals surface area contributed by atoms with Crippen LogP contribution in [0, 0.1) is 23.7 Å². The average molecular weight is 247 g/mol. The van der Waals surface area contributed by atoms with Crippen molar-refractivity contribution >= 4 is 0 Å². The Hall–Kier alpha value is -0.890. The molecule has 1 heterocycles. The highest BCUT2D eigenvalue weighted by Gasteiger charge is 2.36. The summed E-state index contributed by atoms with van der Waals surface area (Å²) in [7, 11) is 0. The van der Waals surface area contributed by atoms with Crippen LogP contribution in [0.4, 0.5) is 0 Å². The lowest BCUT2D eigenvalue weighted by atomic mass is 9.67. The maximum atomic E-state index is 10.6. The molecule has 1 fully saturated rings. The molecule has 1 aliphatic rings. The molecule has 2 rings (SSSR count). The third-order valence-corrected chi connectivity index (χ3v) is 4.47. The van der Waals surface area contributed by atoms with Gasteiger partial charge in [0.25, 0.3) is 0 Å². The van der Waals surface area contributed by atoms with Crippen molar-refractivity contribution in [2.45, 2.75) is 46.1 Å². The fourth-order valence-corrected chi connectivity index (χ4v) is 3.41. The van der Waals surface area contributed by atoms with Gasteiger partial charge in [0.1, 0.15) is 0 Å². The molecule has 0 unspecified atom stereocenters. The van der Waals surface area contributed by atoms with Gasteiger partial charge < -0.3 is 5.11 Å². The van der Waals surface area contributed by atoms with E-state index in [2.05, 4.69) is 25.8 Å². The molecule has 2 nitrogen and oxygen atoms in total. The lowest BCUT2D eigenvalue weighted by Gasteiger charge is -2.39. The molecule has 1 N–H and O–H groups in total. The summed E-state index contributed by atoms with van der Waals surface area (Å²) in [4.78, 5) is 4.32. The normalized spacial score (nSPS) is 30.4. The highest BCUT2D eigenvalue weighted by molar-refractivity contribution is 5.08. The maximum Gasteiger partial charge on any atom is 0.0990 e. The Labute approximate surface area is 110 Å². The number of nitrogens with zero attached hydrogens (tertiary/aromatic N) is 1. The van der Waals surface area contributed by atoms with Gasteiger partial charge in [-0.05, 0) is 48.6 Å². The van der Waals surface area contributed by atoms with E-state index in [1.807, 2.05) is 18.2 Å². The molecule has 0 spiro atoms. The van der Waals surface area contributed by atoms with Crippen LogP contribution in [0.5, 0.6) is 0 Å². The first kappa shape index (κ1) is 13.5. The number of rotatable bonds is 3. The largest absolute Gasteiger partial charge is 0.387 e. The monoisotopic (exact) mass is 247 g/mol.